The summed E-state index contributed by atoms with van der Waals surface area (Å²) in [6, 6.07) is 12.7. The molecule has 1 N–H and O–H groups in total. The van der Waals surface area contributed by atoms with Crippen molar-refractivity contribution in [2.75, 3.05) is 43.1 Å². The zero-order valence-corrected chi connectivity index (χ0v) is 21.5. The monoisotopic (exact) mass is 549 g/mol. The first-order valence-electron chi connectivity index (χ1n) is 13.1. The summed E-state index contributed by atoms with van der Waals surface area (Å²) in [5.74, 6) is 0.446. The third kappa shape index (κ3) is 4.24. The number of fused-ring (bicyclic) bond motifs is 2. The molecule has 0 amide bonds. The fourth-order valence-corrected chi connectivity index (χ4v) is 5.77. The number of nitrogens with one attached hydrogen (secondary N) is 1. The lowest BCUT2D eigenvalue weighted by atomic mass is 9.86. The van der Waals surface area contributed by atoms with Gasteiger partial charge < -0.3 is 15.0 Å². The van der Waals surface area contributed by atoms with Gasteiger partial charge in [0.25, 0.3) is 0 Å². The molecule has 2 fully saturated rings. The lowest BCUT2D eigenvalue weighted by molar-refractivity contribution is -0.137. The van der Waals surface area contributed by atoms with Gasteiger partial charge in [-0.2, -0.15) is 28.5 Å². The predicted octanol–water partition coefficient (Wildman–Crippen LogP) is 3.57. The topological polar surface area (TPSA) is 99.5 Å². The van der Waals surface area contributed by atoms with Crippen LogP contribution in [0.5, 0.6) is 0 Å². The number of alkyl halides is 3. The van der Waals surface area contributed by atoms with Crippen molar-refractivity contribution in [1.82, 2.24) is 29.3 Å². The highest BCUT2D eigenvalue weighted by Crippen LogP contribution is 2.39. The molecule has 0 saturated carbocycles. The zero-order valence-electron chi connectivity index (χ0n) is 21.5. The van der Waals surface area contributed by atoms with Crippen LogP contribution in [-0.4, -0.2) is 68.2 Å². The number of hydrogen-bond acceptors (Lipinski definition) is 8. The molecule has 2 saturated heterocycles. The molecule has 0 bridgehead atoms. The Morgan fingerprint density at radius 3 is 2.75 bits per heavy atom. The zero-order chi connectivity index (χ0) is 27.5. The standard InChI is InChI=1S/C27H26F3N9O/c28-27(29,30)20-11-32-39(13-20)26(6-7-31)16-37(17-26)23-2-1-8-38-24(23)34-25(35-38)33-21-4-3-19-12-36(22-14-40-15-22)9-5-18(19)10-21/h1-4,8,10-11,13,22H,5-6,9,12,14-17H2,(H,33,35). The second kappa shape index (κ2) is 9.21. The molecule has 40 heavy (non-hydrogen) atoms. The van der Waals surface area contributed by atoms with Crippen LogP contribution in [-0.2, 0) is 29.4 Å². The molecule has 1 aromatic carbocycles. The average molecular weight is 550 g/mol. The summed E-state index contributed by atoms with van der Waals surface area (Å²) in [5.41, 5.74) is 3.27. The number of benzene rings is 1. The number of pyridine rings is 1. The van der Waals surface area contributed by atoms with Gasteiger partial charge in [0.05, 0.1) is 49.2 Å². The highest BCUT2D eigenvalue weighted by Gasteiger charge is 2.47. The maximum absolute atomic E-state index is 13.2. The second-order valence-electron chi connectivity index (χ2n) is 10.7. The van der Waals surface area contributed by atoms with Gasteiger partial charge in [-0.15, -0.1) is 5.10 Å². The van der Waals surface area contributed by atoms with E-state index in [2.05, 4.69) is 38.6 Å². The van der Waals surface area contributed by atoms with Crippen molar-refractivity contribution in [3.63, 3.8) is 0 Å². The van der Waals surface area contributed by atoms with Crippen molar-refractivity contribution >= 4 is 23.0 Å². The molecule has 3 aliphatic rings. The molecule has 6 heterocycles. The Balaban J connectivity index is 1.09. The molecule has 0 unspecified atom stereocenters. The van der Waals surface area contributed by atoms with Gasteiger partial charge in [-0.05, 0) is 41.8 Å². The van der Waals surface area contributed by atoms with Crippen molar-refractivity contribution in [2.24, 2.45) is 0 Å². The number of halogens is 3. The predicted molar refractivity (Wildman–Crippen MR) is 139 cm³/mol. The molecule has 7 rings (SSSR count). The maximum atomic E-state index is 13.2. The third-order valence-electron chi connectivity index (χ3n) is 8.10. The van der Waals surface area contributed by atoms with Crippen LogP contribution in [0.3, 0.4) is 0 Å². The molecule has 0 atom stereocenters. The van der Waals surface area contributed by atoms with Crippen LogP contribution >= 0.6 is 0 Å². The van der Waals surface area contributed by atoms with E-state index in [4.69, 9.17) is 9.72 Å². The van der Waals surface area contributed by atoms with Crippen LogP contribution in [0.15, 0.2) is 48.9 Å². The van der Waals surface area contributed by atoms with Gasteiger partial charge in [0.15, 0.2) is 5.65 Å². The highest BCUT2D eigenvalue weighted by atomic mass is 19.4. The van der Waals surface area contributed by atoms with Gasteiger partial charge in [-0.25, -0.2) is 4.52 Å². The third-order valence-corrected chi connectivity index (χ3v) is 8.10. The van der Waals surface area contributed by atoms with E-state index in [0.717, 1.165) is 56.5 Å². The van der Waals surface area contributed by atoms with Crippen molar-refractivity contribution in [3.8, 4) is 6.07 Å². The van der Waals surface area contributed by atoms with Crippen molar-refractivity contribution in [3.05, 3.63) is 65.6 Å². The second-order valence-corrected chi connectivity index (χ2v) is 10.7. The Bertz CT molecular complexity index is 1610. The molecular weight excluding hydrogens is 523 g/mol. The molecule has 0 spiro atoms. The fraction of sp³-hybridized carbons (Fsp3) is 0.407. The minimum atomic E-state index is -4.49. The molecule has 3 aliphatic heterocycles. The van der Waals surface area contributed by atoms with Crippen LogP contribution in [0.4, 0.5) is 30.5 Å². The van der Waals surface area contributed by atoms with Gasteiger partial charge >= 0.3 is 6.18 Å². The summed E-state index contributed by atoms with van der Waals surface area (Å²) in [4.78, 5) is 9.18. The number of ether oxygens (including phenoxy) is 1. The largest absolute Gasteiger partial charge is 0.419 e. The number of nitriles is 1. The van der Waals surface area contributed by atoms with Crippen LogP contribution in [0.25, 0.3) is 5.65 Å². The van der Waals surface area contributed by atoms with Crippen LogP contribution in [0.1, 0.15) is 23.1 Å². The van der Waals surface area contributed by atoms with Gasteiger partial charge in [0, 0.05) is 44.3 Å². The molecule has 13 heteroatoms. The molecule has 0 aliphatic carbocycles. The van der Waals surface area contributed by atoms with E-state index in [0.29, 0.717) is 30.7 Å². The first kappa shape index (κ1) is 24.9. The number of aromatic nitrogens is 5. The number of nitrogens with zero attached hydrogens (tertiary/aromatic N) is 8. The van der Waals surface area contributed by atoms with Crippen molar-refractivity contribution in [1.29, 1.82) is 5.26 Å². The Morgan fingerprint density at radius 2 is 2.02 bits per heavy atom. The molecular formula is C27H26F3N9O. The van der Waals surface area contributed by atoms with E-state index < -0.39 is 17.3 Å². The molecule has 10 nitrogen and oxygen atoms in total. The van der Waals surface area contributed by atoms with Gasteiger partial charge in [-0.3, -0.25) is 9.58 Å². The van der Waals surface area contributed by atoms with E-state index in [1.807, 2.05) is 23.1 Å². The van der Waals surface area contributed by atoms with Crippen molar-refractivity contribution < 1.29 is 17.9 Å². The van der Waals surface area contributed by atoms with Crippen LogP contribution in [0, 0.1) is 11.3 Å². The van der Waals surface area contributed by atoms with E-state index in [-0.39, 0.29) is 6.42 Å². The van der Waals surface area contributed by atoms with E-state index in [1.54, 1.807) is 10.7 Å². The minimum absolute atomic E-state index is 0.0373. The Hall–Kier alpha value is -4.15. The molecule has 3 aromatic heterocycles. The fourth-order valence-electron chi connectivity index (χ4n) is 5.77. The van der Waals surface area contributed by atoms with Gasteiger partial charge in [0.2, 0.25) is 5.95 Å². The van der Waals surface area contributed by atoms with Crippen LogP contribution < -0.4 is 10.2 Å². The maximum Gasteiger partial charge on any atom is 0.419 e. The summed E-state index contributed by atoms with van der Waals surface area (Å²) < 4.78 is 47.8. The molecule has 0 radical (unpaired) electrons. The van der Waals surface area contributed by atoms with Gasteiger partial charge in [-0.1, -0.05) is 6.07 Å². The first-order valence-corrected chi connectivity index (χ1v) is 13.1. The van der Waals surface area contributed by atoms with E-state index in [1.165, 1.54) is 15.8 Å². The quantitative estimate of drug-likeness (QED) is 0.390. The first-order chi connectivity index (χ1) is 19.3. The van der Waals surface area contributed by atoms with Crippen LogP contribution in [0.2, 0.25) is 0 Å². The number of rotatable bonds is 6. The smallest absolute Gasteiger partial charge is 0.378 e. The summed E-state index contributed by atoms with van der Waals surface area (Å²) in [6.07, 6.45) is 0.106. The summed E-state index contributed by atoms with van der Waals surface area (Å²) >= 11 is 0. The van der Waals surface area contributed by atoms with Gasteiger partial charge in [0.1, 0.15) is 5.54 Å². The summed E-state index contributed by atoms with van der Waals surface area (Å²) in [5, 5.41) is 21.3. The number of hydrogen-bond donors (Lipinski definition) is 1. The molecule has 206 valence electrons. The Labute approximate surface area is 227 Å². The Kier molecular flexibility index (Phi) is 5.72. The Morgan fingerprint density at radius 1 is 1.18 bits per heavy atom. The lowest BCUT2D eigenvalue weighted by Gasteiger charge is -2.50. The summed E-state index contributed by atoms with van der Waals surface area (Å²) in [6.45, 7) is 4.22. The SMILES string of the molecule is N#CCC1(n2cc(C(F)(F)F)cn2)CN(c2cccn3nc(Nc4ccc5c(c4)CCN(C4COC4)C5)nc23)C1. The van der Waals surface area contributed by atoms with E-state index in [9.17, 15) is 18.4 Å². The normalized spacial score (nSPS) is 19.1. The molecule has 4 aromatic rings. The summed E-state index contributed by atoms with van der Waals surface area (Å²) in [7, 11) is 0. The number of anilines is 3. The highest BCUT2D eigenvalue weighted by molar-refractivity contribution is 5.72. The minimum Gasteiger partial charge on any atom is -0.378 e. The van der Waals surface area contributed by atoms with E-state index >= 15 is 0 Å². The lowest BCUT2D eigenvalue weighted by Crippen LogP contribution is -2.63. The average Bonchev–Trinajstić information content (AvgIpc) is 3.53. The van der Waals surface area contributed by atoms with Crippen molar-refractivity contribution in [2.45, 2.75) is 37.1 Å².